The molecule has 0 aromatic carbocycles. The van der Waals surface area contributed by atoms with E-state index in [0.29, 0.717) is 0 Å². The van der Waals surface area contributed by atoms with E-state index in [2.05, 4.69) is 23.3 Å². The molecule has 2 atom stereocenters. The molecular formula is C13H23N3OS. The number of carbonyl (C=O) groups excluding carboxylic acids is 1. The Kier molecular flexibility index (Phi) is 6.32. The second-order valence-corrected chi connectivity index (χ2v) is 5.43. The van der Waals surface area contributed by atoms with E-state index in [-0.39, 0.29) is 24.5 Å². The van der Waals surface area contributed by atoms with E-state index in [4.69, 9.17) is 11.5 Å². The van der Waals surface area contributed by atoms with Gasteiger partial charge in [-0.25, -0.2) is 0 Å². The van der Waals surface area contributed by atoms with Crippen molar-refractivity contribution in [3.05, 3.63) is 22.4 Å². The van der Waals surface area contributed by atoms with Gasteiger partial charge in [0.05, 0.1) is 12.6 Å². The third-order valence-electron chi connectivity index (χ3n) is 2.93. The summed E-state index contributed by atoms with van der Waals surface area (Å²) in [6, 6.07) is 2.10. The summed E-state index contributed by atoms with van der Waals surface area (Å²) in [7, 11) is 0. The SMILES string of the molecule is CCCCN(CC(N)=O)C(c1ccsc1)C(C)N. The normalized spacial score (nSPS) is 14.7. The lowest BCUT2D eigenvalue weighted by Gasteiger charge is -2.33. The fourth-order valence-corrected chi connectivity index (χ4v) is 2.86. The minimum atomic E-state index is -0.299. The average molecular weight is 269 g/mol. The average Bonchev–Trinajstić information content (AvgIpc) is 2.78. The van der Waals surface area contributed by atoms with Crippen LogP contribution in [-0.2, 0) is 4.79 Å². The maximum Gasteiger partial charge on any atom is 0.231 e. The second kappa shape index (κ2) is 7.51. The Hall–Kier alpha value is -0.910. The highest BCUT2D eigenvalue weighted by molar-refractivity contribution is 7.07. The van der Waals surface area contributed by atoms with Crippen molar-refractivity contribution in [2.24, 2.45) is 11.5 Å². The van der Waals surface area contributed by atoms with Crippen LogP contribution in [0.3, 0.4) is 0 Å². The summed E-state index contributed by atoms with van der Waals surface area (Å²) < 4.78 is 0. The van der Waals surface area contributed by atoms with Gasteiger partial charge < -0.3 is 11.5 Å². The van der Waals surface area contributed by atoms with E-state index in [9.17, 15) is 4.79 Å². The van der Waals surface area contributed by atoms with E-state index in [1.807, 2.05) is 12.3 Å². The number of hydrogen-bond acceptors (Lipinski definition) is 4. The van der Waals surface area contributed by atoms with Gasteiger partial charge in [-0.2, -0.15) is 11.3 Å². The number of rotatable bonds is 8. The first-order valence-corrected chi connectivity index (χ1v) is 7.30. The van der Waals surface area contributed by atoms with E-state index < -0.39 is 0 Å². The van der Waals surface area contributed by atoms with Crippen LogP contribution in [0.2, 0.25) is 0 Å². The van der Waals surface area contributed by atoms with Gasteiger partial charge in [-0.1, -0.05) is 13.3 Å². The molecule has 0 aliphatic rings. The van der Waals surface area contributed by atoms with Crippen LogP contribution in [0.25, 0.3) is 0 Å². The highest BCUT2D eigenvalue weighted by Crippen LogP contribution is 2.25. The van der Waals surface area contributed by atoms with E-state index in [1.165, 1.54) is 5.56 Å². The molecule has 18 heavy (non-hydrogen) atoms. The maximum absolute atomic E-state index is 11.2. The topological polar surface area (TPSA) is 72.3 Å². The van der Waals surface area contributed by atoms with Gasteiger partial charge in [0.2, 0.25) is 5.91 Å². The minimum absolute atomic E-state index is 0.0317. The minimum Gasteiger partial charge on any atom is -0.369 e. The molecule has 102 valence electrons. The Labute approximate surface area is 113 Å². The first kappa shape index (κ1) is 15.1. The van der Waals surface area contributed by atoms with Gasteiger partial charge in [0.1, 0.15) is 0 Å². The molecular weight excluding hydrogens is 246 g/mol. The highest BCUT2D eigenvalue weighted by Gasteiger charge is 2.25. The van der Waals surface area contributed by atoms with E-state index in [1.54, 1.807) is 11.3 Å². The molecule has 1 aromatic rings. The fourth-order valence-electron chi connectivity index (χ4n) is 2.17. The van der Waals surface area contributed by atoms with Gasteiger partial charge >= 0.3 is 0 Å². The maximum atomic E-state index is 11.2. The van der Waals surface area contributed by atoms with Crippen LogP contribution in [0, 0.1) is 0 Å². The molecule has 4 N–H and O–H groups in total. The standard InChI is InChI=1S/C13H23N3OS/c1-3-4-6-16(8-12(15)17)13(10(2)14)11-5-7-18-9-11/h5,7,9-10,13H,3-4,6,8,14H2,1-2H3,(H2,15,17). The lowest BCUT2D eigenvalue weighted by atomic mass is 10.0. The van der Waals surface area contributed by atoms with Gasteiger partial charge in [-0.05, 0) is 42.3 Å². The smallest absolute Gasteiger partial charge is 0.231 e. The van der Waals surface area contributed by atoms with Crippen molar-refractivity contribution in [3.8, 4) is 0 Å². The van der Waals surface area contributed by atoms with Crippen molar-refractivity contribution in [1.82, 2.24) is 4.90 Å². The van der Waals surface area contributed by atoms with Crippen molar-refractivity contribution in [1.29, 1.82) is 0 Å². The monoisotopic (exact) mass is 269 g/mol. The molecule has 1 aromatic heterocycles. The number of thiophene rings is 1. The second-order valence-electron chi connectivity index (χ2n) is 4.65. The molecule has 0 saturated heterocycles. The summed E-state index contributed by atoms with van der Waals surface area (Å²) in [4.78, 5) is 13.3. The lowest BCUT2D eigenvalue weighted by Crippen LogP contribution is -2.43. The van der Waals surface area contributed by atoms with Crippen LogP contribution in [0.15, 0.2) is 16.8 Å². The molecule has 4 nitrogen and oxygen atoms in total. The first-order valence-electron chi connectivity index (χ1n) is 6.36. The fraction of sp³-hybridized carbons (Fsp3) is 0.615. The predicted octanol–water partition coefficient (Wildman–Crippen LogP) is 1.72. The summed E-state index contributed by atoms with van der Waals surface area (Å²) in [5.74, 6) is -0.299. The number of nitrogens with zero attached hydrogens (tertiary/aromatic N) is 1. The summed E-state index contributed by atoms with van der Waals surface area (Å²) >= 11 is 1.65. The van der Waals surface area contributed by atoms with Crippen LogP contribution in [0.1, 0.15) is 38.3 Å². The van der Waals surface area contributed by atoms with E-state index in [0.717, 1.165) is 19.4 Å². The summed E-state index contributed by atoms with van der Waals surface area (Å²) in [5.41, 5.74) is 12.6. The van der Waals surface area contributed by atoms with Crippen molar-refractivity contribution in [2.45, 2.75) is 38.8 Å². The van der Waals surface area contributed by atoms with Crippen molar-refractivity contribution in [3.63, 3.8) is 0 Å². The predicted molar refractivity (Wildman–Crippen MR) is 76.4 cm³/mol. The summed E-state index contributed by atoms with van der Waals surface area (Å²) in [6.07, 6.45) is 2.13. The van der Waals surface area contributed by atoms with Crippen LogP contribution in [0.4, 0.5) is 0 Å². The Morgan fingerprint density at radius 2 is 2.28 bits per heavy atom. The number of primary amides is 1. The largest absolute Gasteiger partial charge is 0.369 e. The Bertz CT molecular complexity index is 351. The molecule has 0 radical (unpaired) electrons. The number of unbranched alkanes of at least 4 members (excludes halogenated alkanes) is 1. The zero-order valence-corrected chi connectivity index (χ0v) is 12.0. The molecule has 0 fully saturated rings. The van der Waals surface area contributed by atoms with Gasteiger partial charge in [0.15, 0.2) is 0 Å². The van der Waals surface area contributed by atoms with Crippen molar-refractivity contribution < 1.29 is 4.79 Å². The first-order chi connectivity index (χ1) is 8.56. The number of amides is 1. The summed E-state index contributed by atoms with van der Waals surface area (Å²) in [5, 5.41) is 4.13. The molecule has 5 heteroatoms. The molecule has 0 aliphatic carbocycles. The van der Waals surface area contributed by atoms with Crippen LogP contribution in [-0.4, -0.2) is 29.9 Å². The van der Waals surface area contributed by atoms with Crippen LogP contribution >= 0.6 is 11.3 Å². The molecule has 0 spiro atoms. The third-order valence-corrected chi connectivity index (χ3v) is 3.64. The zero-order valence-electron chi connectivity index (χ0n) is 11.1. The number of nitrogens with two attached hydrogens (primary N) is 2. The molecule has 0 bridgehead atoms. The molecule has 1 amide bonds. The van der Waals surface area contributed by atoms with E-state index >= 15 is 0 Å². The molecule has 2 unspecified atom stereocenters. The Balaban J connectivity index is 2.86. The Morgan fingerprint density at radius 3 is 2.72 bits per heavy atom. The highest BCUT2D eigenvalue weighted by atomic mass is 32.1. The Morgan fingerprint density at radius 1 is 1.56 bits per heavy atom. The van der Waals surface area contributed by atoms with Crippen molar-refractivity contribution >= 4 is 17.2 Å². The lowest BCUT2D eigenvalue weighted by molar-refractivity contribution is -0.119. The zero-order chi connectivity index (χ0) is 13.5. The van der Waals surface area contributed by atoms with Gasteiger partial charge in [-0.3, -0.25) is 9.69 Å². The third kappa shape index (κ3) is 4.40. The molecule has 1 rings (SSSR count). The van der Waals surface area contributed by atoms with Gasteiger partial charge in [0, 0.05) is 6.04 Å². The van der Waals surface area contributed by atoms with Gasteiger partial charge in [0.25, 0.3) is 0 Å². The molecule has 1 heterocycles. The van der Waals surface area contributed by atoms with Crippen molar-refractivity contribution in [2.75, 3.05) is 13.1 Å². The van der Waals surface area contributed by atoms with Crippen LogP contribution < -0.4 is 11.5 Å². The molecule has 0 aliphatic heterocycles. The number of carbonyl (C=O) groups is 1. The molecule has 0 saturated carbocycles. The number of hydrogen-bond donors (Lipinski definition) is 2. The van der Waals surface area contributed by atoms with Crippen LogP contribution in [0.5, 0.6) is 0 Å². The summed E-state index contributed by atoms with van der Waals surface area (Å²) in [6.45, 7) is 5.22. The van der Waals surface area contributed by atoms with Gasteiger partial charge in [-0.15, -0.1) is 0 Å². The quantitative estimate of drug-likeness (QED) is 0.755.